The predicted octanol–water partition coefficient (Wildman–Crippen LogP) is 5.58. The fraction of sp³-hybridized carbons (Fsp3) is 0.350. The van der Waals surface area contributed by atoms with Crippen molar-refractivity contribution in [2.75, 3.05) is 11.4 Å². The molecule has 0 atom stereocenters. The van der Waals surface area contributed by atoms with Gasteiger partial charge in [0.25, 0.3) is 11.5 Å². The third-order valence-corrected chi connectivity index (χ3v) is 4.49. The van der Waals surface area contributed by atoms with Gasteiger partial charge in [-0.15, -0.1) is 0 Å². The molecule has 2 rings (SSSR count). The smallest absolute Gasteiger partial charge is 0.369 e. The summed E-state index contributed by atoms with van der Waals surface area (Å²) in [6.07, 6.45) is -10.8. The Morgan fingerprint density at radius 3 is 1.83 bits per heavy atom. The molecular weight excluding hydrogens is 419 g/mol. The van der Waals surface area contributed by atoms with Crippen molar-refractivity contribution in [3.63, 3.8) is 0 Å². The number of alkyl halides is 6. The van der Waals surface area contributed by atoms with E-state index in [0.717, 1.165) is 24.3 Å². The highest BCUT2D eigenvalue weighted by atomic mass is 19.4. The molecule has 0 fully saturated rings. The van der Waals surface area contributed by atoms with Crippen molar-refractivity contribution in [2.45, 2.75) is 37.7 Å². The van der Waals surface area contributed by atoms with Gasteiger partial charge in [-0.3, -0.25) is 4.79 Å². The largest absolute Gasteiger partial charge is 0.430 e. The van der Waals surface area contributed by atoms with E-state index in [4.69, 9.17) is 0 Å². The standard InChI is InChI=1S/C20H18F7NO2/c1-2-3-12-28(17(29)13-4-8-15(21)9-5-13)16-10-6-14(7-11-16)18(30,19(22,23)24)20(25,26)27/h4-11,30H,2-3,12H2,1H3. The minimum absolute atomic E-state index is 0.0354. The van der Waals surface area contributed by atoms with E-state index in [2.05, 4.69) is 0 Å². The summed E-state index contributed by atoms with van der Waals surface area (Å²) in [7, 11) is 0. The molecule has 0 aliphatic heterocycles. The normalized spacial score (nSPS) is 12.7. The minimum atomic E-state index is -6.00. The van der Waals surface area contributed by atoms with Crippen molar-refractivity contribution in [3.8, 4) is 0 Å². The van der Waals surface area contributed by atoms with Crippen LogP contribution in [0.1, 0.15) is 35.7 Å². The summed E-state index contributed by atoms with van der Waals surface area (Å²) in [6.45, 7) is 1.96. The third-order valence-electron chi connectivity index (χ3n) is 4.49. The zero-order chi connectivity index (χ0) is 22.7. The molecule has 0 spiro atoms. The van der Waals surface area contributed by atoms with Crippen LogP contribution in [0.2, 0.25) is 0 Å². The van der Waals surface area contributed by atoms with Crippen LogP contribution < -0.4 is 4.90 Å². The lowest BCUT2D eigenvalue weighted by Crippen LogP contribution is -2.53. The fourth-order valence-corrected chi connectivity index (χ4v) is 2.78. The number of amides is 1. The Kier molecular flexibility index (Phi) is 6.80. The molecule has 164 valence electrons. The number of rotatable bonds is 6. The first-order chi connectivity index (χ1) is 13.8. The summed E-state index contributed by atoms with van der Waals surface area (Å²) in [5, 5.41) is 9.47. The van der Waals surface area contributed by atoms with Gasteiger partial charge >= 0.3 is 12.4 Å². The highest BCUT2D eigenvalue weighted by molar-refractivity contribution is 6.06. The average Bonchev–Trinajstić information content (AvgIpc) is 2.66. The van der Waals surface area contributed by atoms with E-state index in [9.17, 15) is 40.6 Å². The van der Waals surface area contributed by atoms with Gasteiger partial charge < -0.3 is 10.0 Å². The molecule has 0 saturated carbocycles. The van der Waals surface area contributed by atoms with E-state index in [1.807, 2.05) is 6.92 Å². The SMILES string of the molecule is CCCCN(C(=O)c1ccc(F)cc1)c1ccc(C(O)(C(F)(F)F)C(F)(F)F)cc1. The molecule has 1 N–H and O–H groups in total. The van der Waals surface area contributed by atoms with Gasteiger partial charge in [0.05, 0.1) is 0 Å². The molecule has 0 heterocycles. The van der Waals surface area contributed by atoms with Crippen molar-refractivity contribution in [1.82, 2.24) is 0 Å². The lowest BCUT2D eigenvalue weighted by Gasteiger charge is -2.33. The highest BCUT2D eigenvalue weighted by Crippen LogP contribution is 2.50. The Morgan fingerprint density at radius 2 is 1.40 bits per heavy atom. The number of carbonyl (C=O) groups is 1. The Balaban J connectivity index is 2.44. The zero-order valence-electron chi connectivity index (χ0n) is 15.7. The number of unbranched alkanes of at least 4 members (excludes halogenated alkanes) is 1. The van der Waals surface area contributed by atoms with Crippen LogP contribution in [0.15, 0.2) is 48.5 Å². The van der Waals surface area contributed by atoms with E-state index in [1.54, 1.807) is 0 Å². The number of aliphatic hydroxyl groups is 1. The van der Waals surface area contributed by atoms with Gasteiger partial charge in [0.15, 0.2) is 0 Å². The first-order valence-electron chi connectivity index (χ1n) is 8.86. The number of hydrogen-bond acceptors (Lipinski definition) is 2. The molecule has 0 bridgehead atoms. The molecule has 0 unspecified atom stereocenters. The summed E-state index contributed by atoms with van der Waals surface area (Å²) in [5.74, 6) is -1.17. The van der Waals surface area contributed by atoms with Crippen molar-refractivity contribution in [3.05, 3.63) is 65.5 Å². The molecule has 2 aromatic carbocycles. The maximum Gasteiger partial charge on any atom is 0.430 e. The van der Waals surface area contributed by atoms with Gasteiger partial charge in [0.1, 0.15) is 5.82 Å². The van der Waals surface area contributed by atoms with E-state index in [0.29, 0.717) is 25.0 Å². The Hall–Kier alpha value is -2.62. The minimum Gasteiger partial charge on any atom is -0.369 e. The summed E-state index contributed by atoms with van der Waals surface area (Å²) in [4.78, 5) is 13.9. The molecule has 0 aromatic heterocycles. The van der Waals surface area contributed by atoms with Gasteiger partial charge in [0, 0.05) is 23.4 Å². The fourth-order valence-electron chi connectivity index (χ4n) is 2.78. The third kappa shape index (κ3) is 4.58. The molecule has 0 saturated heterocycles. The van der Waals surface area contributed by atoms with Crippen molar-refractivity contribution >= 4 is 11.6 Å². The molecule has 10 heteroatoms. The Morgan fingerprint density at radius 1 is 0.900 bits per heavy atom. The van der Waals surface area contributed by atoms with E-state index < -0.39 is 35.2 Å². The Bertz CT molecular complexity index is 845. The number of anilines is 1. The molecule has 2 aromatic rings. The number of carbonyl (C=O) groups excluding carboxylic acids is 1. The van der Waals surface area contributed by atoms with Gasteiger partial charge in [0.2, 0.25) is 0 Å². The first kappa shape index (κ1) is 23.7. The molecule has 3 nitrogen and oxygen atoms in total. The van der Waals surface area contributed by atoms with Crippen LogP contribution in [0.25, 0.3) is 0 Å². The first-order valence-corrected chi connectivity index (χ1v) is 8.86. The van der Waals surface area contributed by atoms with E-state index >= 15 is 0 Å². The van der Waals surface area contributed by atoms with Crippen molar-refractivity contribution < 1.29 is 40.6 Å². The quantitative estimate of drug-likeness (QED) is 0.599. The maximum atomic E-state index is 13.1. The van der Waals surface area contributed by atoms with Crippen LogP contribution in [-0.2, 0) is 5.60 Å². The molecule has 0 aliphatic carbocycles. The van der Waals surface area contributed by atoms with Crippen LogP contribution in [0, 0.1) is 5.82 Å². The number of benzene rings is 2. The van der Waals surface area contributed by atoms with Crippen LogP contribution >= 0.6 is 0 Å². The monoisotopic (exact) mass is 437 g/mol. The molecule has 0 radical (unpaired) electrons. The molecule has 1 amide bonds. The lowest BCUT2D eigenvalue weighted by molar-refractivity contribution is -0.376. The summed E-state index contributed by atoms with van der Waals surface area (Å²) >= 11 is 0. The van der Waals surface area contributed by atoms with Crippen molar-refractivity contribution in [2.24, 2.45) is 0 Å². The lowest BCUT2D eigenvalue weighted by atomic mass is 9.92. The number of nitrogens with zero attached hydrogens (tertiary/aromatic N) is 1. The van der Waals surface area contributed by atoms with Crippen LogP contribution in [-0.4, -0.2) is 29.9 Å². The van der Waals surface area contributed by atoms with E-state index in [1.165, 1.54) is 17.0 Å². The summed E-state index contributed by atoms with van der Waals surface area (Å²) < 4.78 is 91.3. The van der Waals surface area contributed by atoms with E-state index in [-0.39, 0.29) is 17.8 Å². The predicted molar refractivity (Wildman–Crippen MR) is 95.4 cm³/mol. The second kappa shape index (κ2) is 8.63. The molecule has 0 aliphatic rings. The second-order valence-corrected chi connectivity index (χ2v) is 6.57. The Labute approximate surface area is 167 Å². The number of hydrogen-bond donors (Lipinski definition) is 1. The van der Waals surface area contributed by atoms with Gasteiger partial charge in [-0.25, -0.2) is 4.39 Å². The summed E-state index contributed by atoms with van der Waals surface area (Å²) in [5.41, 5.74) is -6.34. The molecule has 30 heavy (non-hydrogen) atoms. The van der Waals surface area contributed by atoms with Gasteiger partial charge in [-0.05, 0) is 42.8 Å². The highest BCUT2D eigenvalue weighted by Gasteiger charge is 2.71. The molecular formula is C20H18F7NO2. The van der Waals surface area contributed by atoms with Crippen molar-refractivity contribution in [1.29, 1.82) is 0 Å². The average molecular weight is 437 g/mol. The van der Waals surface area contributed by atoms with Crippen LogP contribution in [0.3, 0.4) is 0 Å². The van der Waals surface area contributed by atoms with Gasteiger partial charge in [-0.2, -0.15) is 26.3 Å². The zero-order valence-corrected chi connectivity index (χ0v) is 15.7. The topological polar surface area (TPSA) is 40.5 Å². The van der Waals surface area contributed by atoms with Crippen LogP contribution in [0.4, 0.5) is 36.4 Å². The summed E-state index contributed by atoms with van der Waals surface area (Å²) in [6, 6.07) is 7.31. The second-order valence-electron chi connectivity index (χ2n) is 6.57. The number of halogens is 7. The maximum absolute atomic E-state index is 13.1. The van der Waals surface area contributed by atoms with Crippen LogP contribution in [0.5, 0.6) is 0 Å². The van der Waals surface area contributed by atoms with Gasteiger partial charge in [-0.1, -0.05) is 25.5 Å².